The second-order valence-corrected chi connectivity index (χ2v) is 6.07. The molecule has 0 fully saturated rings. The topological polar surface area (TPSA) is 29.1 Å². The highest BCUT2D eigenvalue weighted by Gasteiger charge is 2.13. The van der Waals surface area contributed by atoms with Crippen molar-refractivity contribution >= 4 is 12.0 Å². The second kappa shape index (κ2) is 7.77. The van der Waals surface area contributed by atoms with Crippen molar-refractivity contribution < 1.29 is 4.79 Å². The summed E-state index contributed by atoms with van der Waals surface area (Å²) >= 11 is 0. The summed E-state index contributed by atoms with van der Waals surface area (Å²) < 4.78 is 0. The molecule has 2 heteroatoms. The quantitative estimate of drug-likeness (QED) is 0.783. The Morgan fingerprint density at radius 2 is 1.70 bits per heavy atom. The lowest BCUT2D eigenvalue weighted by molar-refractivity contribution is -0.117. The summed E-state index contributed by atoms with van der Waals surface area (Å²) in [4.78, 5) is 12.2. The summed E-state index contributed by atoms with van der Waals surface area (Å²) in [5.74, 6) is -0.0580. The molecule has 0 unspecified atom stereocenters. The van der Waals surface area contributed by atoms with Crippen LogP contribution in [0.5, 0.6) is 0 Å². The number of rotatable bonds is 5. The van der Waals surface area contributed by atoms with E-state index in [1.807, 2.05) is 30.3 Å². The first-order valence-corrected chi connectivity index (χ1v) is 8.12. The van der Waals surface area contributed by atoms with Crippen molar-refractivity contribution in [3.05, 3.63) is 76.4 Å². The maximum Gasteiger partial charge on any atom is 0.244 e. The van der Waals surface area contributed by atoms with E-state index in [0.717, 1.165) is 12.0 Å². The molecular formula is C21H25NO. The lowest BCUT2D eigenvalue weighted by Gasteiger charge is -2.19. The van der Waals surface area contributed by atoms with Gasteiger partial charge in [0, 0.05) is 6.08 Å². The molecule has 2 aromatic carbocycles. The Morgan fingerprint density at radius 1 is 1.04 bits per heavy atom. The average Bonchev–Trinajstić information content (AvgIpc) is 2.52. The summed E-state index contributed by atoms with van der Waals surface area (Å²) in [6, 6.07) is 14.5. The normalized spacial score (nSPS) is 12.3. The largest absolute Gasteiger partial charge is 0.346 e. The van der Waals surface area contributed by atoms with Gasteiger partial charge >= 0.3 is 0 Å². The van der Waals surface area contributed by atoms with Crippen LogP contribution in [0.25, 0.3) is 6.08 Å². The molecule has 0 aliphatic heterocycles. The fourth-order valence-electron chi connectivity index (χ4n) is 2.69. The molecule has 0 aliphatic carbocycles. The minimum absolute atomic E-state index is 0.0470. The van der Waals surface area contributed by atoms with Gasteiger partial charge in [-0.25, -0.2) is 0 Å². The molecule has 1 atom stereocenters. The van der Waals surface area contributed by atoms with E-state index in [2.05, 4.69) is 51.2 Å². The predicted molar refractivity (Wildman–Crippen MR) is 97.3 cm³/mol. The molecule has 0 aromatic heterocycles. The SMILES string of the molecule is CC[C@@H](NC(=O)/C=C/c1ccc(C)cc1)c1ccc(C)cc1C. The number of aryl methyl sites for hydroxylation is 3. The van der Waals surface area contributed by atoms with E-state index in [-0.39, 0.29) is 11.9 Å². The third-order valence-corrected chi connectivity index (χ3v) is 4.03. The van der Waals surface area contributed by atoms with Gasteiger partial charge in [0.15, 0.2) is 0 Å². The lowest BCUT2D eigenvalue weighted by Crippen LogP contribution is -2.26. The van der Waals surface area contributed by atoms with E-state index in [0.29, 0.717) is 0 Å². The van der Waals surface area contributed by atoms with Crippen molar-refractivity contribution in [2.24, 2.45) is 0 Å². The van der Waals surface area contributed by atoms with Gasteiger partial charge in [-0.05, 0) is 50.0 Å². The molecule has 0 saturated heterocycles. The minimum atomic E-state index is -0.0580. The monoisotopic (exact) mass is 307 g/mol. The summed E-state index contributed by atoms with van der Waals surface area (Å²) in [6.45, 7) is 8.32. The molecule has 1 N–H and O–H groups in total. The second-order valence-electron chi connectivity index (χ2n) is 6.07. The van der Waals surface area contributed by atoms with Crippen LogP contribution in [0.4, 0.5) is 0 Å². The number of amides is 1. The van der Waals surface area contributed by atoms with Crippen LogP contribution in [-0.2, 0) is 4.79 Å². The van der Waals surface area contributed by atoms with Crippen molar-refractivity contribution in [3.63, 3.8) is 0 Å². The van der Waals surface area contributed by atoms with Gasteiger partial charge in [-0.15, -0.1) is 0 Å². The Kier molecular flexibility index (Phi) is 5.75. The lowest BCUT2D eigenvalue weighted by atomic mass is 9.97. The molecule has 0 bridgehead atoms. The van der Waals surface area contributed by atoms with Crippen LogP contribution in [0.1, 0.15) is 47.2 Å². The Morgan fingerprint density at radius 3 is 2.30 bits per heavy atom. The van der Waals surface area contributed by atoms with E-state index in [1.165, 1.54) is 22.3 Å². The molecule has 0 aliphatic rings. The van der Waals surface area contributed by atoms with E-state index in [1.54, 1.807) is 6.08 Å². The van der Waals surface area contributed by atoms with Crippen molar-refractivity contribution in [1.29, 1.82) is 0 Å². The van der Waals surface area contributed by atoms with Crippen molar-refractivity contribution in [2.45, 2.75) is 40.2 Å². The van der Waals surface area contributed by atoms with Crippen LogP contribution < -0.4 is 5.32 Å². The Bertz CT molecular complexity index is 698. The fourth-order valence-corrected chi connectivity index (χ4v) is 2.69. The zero-order valence-corrected chi connectivity index (χ0v) is 14.4. The van der Waals surface area contributed by atoms with E-state index in [4.69, 9.17) is 0 Å². The molecule has 0 radical (unpaired) electrons. The number of nitrogens with one attached hydrogen (secondary N) is 1. The van der Waals surface area contributed by atoms with Crippen LogP contribution >= 0.6 is 0 Å². The van der Waals surface area contributed by atoms with Gasteiger partial charge in [0.05, 0.1) is 6.04 Å². The fraction of sp³-hybridized carbons (Fsp3) is 0.286. The maximum absolute atomic E-state index is 12.2. The van der Waals surface area contributed by atoms with Crippen molar-refractivity contribution in [3.8, 4) is 0 Å². The molecule has 2 rings (SSSR count). The van der Waals surface area contributed by atoms with Crippen LogP contribution in [0.3, 0.4) is 0 Å². The molecule has 23 heavy (non-hydrogen) atoms. The van der Waals surface area contributed by atoms with Crippen LogP contribution in [-0.4, -0.2) is 5.91 Å². The average molecular weight is 307 g/mol. The number of hydrogen-bond acceptors (Lipinski definition) is 1. The van der Waals surface area contributed by atoms with Gasteiger partial charge in [0.2, 0.25) is 5.91 Å². The number of carbonyl (C=O) groups excluding carboxylic acids is 1. The smallest absolute Gasteiger partial charge is 0.244 e. The Balaban J connectivity index is 2.06. The highest BCUT2D eigenvalue weighted by Crippen LogP contribution is 2.21. The van der Waals surface area contributed by atoms with Crippen LogP contribution in [0.2, 0.25) is 0 Å². The summed E-state index contributed by atoms with van der Waals surface area (Å²) in [6.07, 6.45) is 4.33. The molecule has 120 valence electrons. The predicted octanol–water partition coefficient (Wildman–Crippen LogP) is 4.89. The highest BCUT2D eigenvalue weighted by atomic mass is 16.1. The third-order valence-electron chi connectivity index (χ3n) is 4.03. The summed E-state index contributed by atoms with van der Waals surface area (Å²) in [5, 5.41) is 3.10. The van der Waals surface area contributed by atoms with Gasteiger partial charge < -0.3 is 5.32 Å². The highest BCUT2D eigenvalue weighted by molar-refractivity contribution is 5.92. The molecule has 2 nitrogen and oxygen atoms in total. The minimum Gasteiger partial charge on any atom is -0.346 e. The van der Waals surface area contributed by atoms with Gasteiger partial charge in [0.1, 0.15) is 0 Å². The van der Waals surface area contributed by atoms with Crippen LogP contribution in [0, 0.1) is 20.8 Å². The molecular weight excluding hydrogens is 282 g/mol. The molecule has 0 heterocycles. The first-order valence-electron chi connectivity index (χ1n) is 8.12. The van der Waals surface area contributed by atoms with E-state index >= 15 is 0 Å². The van der Waals surface area contributed by atoms with Gasteiger partial charge in [-0.1, -0.05) is 60.5 Å². The first-order chi connectivity index (χ1) is 11.0. The molecule has 1 amide bonds. The van der Waals surface area contributed by atoms with Gasteiger partial charge in [-0.3, -0.25) is 4.79 Å². The van der Waals surface area contributed by atoms with Gasteiger partial charge in [-0.2, -0.15) is 0 Å². The third kappa shape index (κ3) is 4.82. The maximum atomic E-state index is 12.2. The zero-order valence-electron chi connectivity index (χ0n) is 14.4. The van der Waals surface area contributed by atoms with Gasteiger partial charge in [0.25, 0.3) is 0 Å². The van der Waals surface area contributed by atoms with E-state index in [9.17, 15) is 4.79 Å². The van der Waals surface area contributed by atoms with Crippen molar-refractivity contribution in [2.75, 3.05) is 0 Å². The Hall–Kier alpha value is -2.35. The molecule has 0 spiro atoms. The number of benzene rings is 2. The zero-order chi connectivity index (χ0) is 16.8. The summed E-state index contributed by atoms with van der Waals surface area (Å²) in [5.41, 5.74) is 5.90. The van der Waals surface area contributed by atoms with Crippen LogP contribution in [0.15, 0.2) is 48.5 Å². The molecule has 2 aromatic rings. The molecule has 0 saturated carbocycles. The van der Waals surface area contributed by atoms with E-state index < -0.39 is 0 Å². The first kappa shape index (κ1) is 17.0. The van der Waals surface area contributed by atoms with Crippen molar-refractivity contribution in [1.82, 2.24) is 5.32 Å². The Labute approximate surface area is 139 Å². The number of hydrogen-bond donors (Lipinski definition) is 1. The summed E-state index contributed by atoms with van der Waals surface area (Å²) in [7, 11) is 0. The standard InChI is InChI=1S/C21H25NO/c1-5-20(19-12-8-16(3)14-17(19)4)22-21(23)13-11-18-9-6-15(2)7-10-18/h6-14,20H,5H2,1-4H3,(H,22,23)/b13-11+/t20-/m1/s1. The number of carbonyl (C=O) groups is 1.